The highest BCUT2D eigenvalue weighted by Gasteiger charge is 2.35. The quantitative estimate of drug-likeness (QED) is 0.446. The van der Waals surface area contributed by atoms with Crippen LogP contribution in [0.1, 0.15) is 82.3 Å². The highest BCUT2D eigenvalue weighted by molar-refractivity contribution is 5.85. The van der Waals surface area contributed by atoms with E-state index in [1.54, 1.807) is 0 Å². The molecule has 2 aliphatic rings. The molecule has 2 aliphatic carbocycles. The number of halogens is 2. The second kappa shape index (κ2) is 8.98. The second-order valence-electron chi connectivity index (χ2n) is 9.37. The van der Waals surface area contributed by atoms with Crippen molar-refractivity contribution in [1.29, 1.82) is 0 Å². The van der Waals surface area contributed by atoms with E-state index in [0.29, 0.717) is 23.3 Å². The molecule has 2 saturated carbocycles. The lowest BCUT2D eigenvalue weighted by Crippen LogP contribution is -2.30. The van der Waals surface area contributed by atoms with E-state index in [4.69, 9.17) is 0 Å². The Morgan fingerprint density at radius 3 is 2.55 bits per heavy atom. The normalized spacial score (nSPS) is 27.4. The molecule has 2 unspecified atom stereocenters. The molecule has 0 spiro atoms. The maximum absolute atomic E-state index is 14.9. The van der Waals surface area contributed by atoms with E-state index in [-0.39, 0.29) is 0 Å². The average molecular weight is 397 g/mol. The molecule has 0 amide bonds. The Morgan fingerprint density at radius 2 is 1.76 bits per heavy atom. The average Bonchev–Trinajstić information content (AvgIpc) is 2.76. The van der Waals surface area contributed by atoms with Crippen molar-refractivity contribution >= 4 is 10.8 Å². The van der Waals surface area contributed by atoms with E-state index in [1.165, 1.54) is 50.5 Å². The largest absolute Gasteiger partial charge is 0.203 e. The van der Waals surface area contributed by atoms with Crippen LogP contribution in [0.4, 0.5) is 8.78 Å². The summed E-state index contributed by atoms with van der Waals surface area (Å²) in [5.74, 6) is 1.79. The van der Waals surface area contributed by atoms with E-state index in [2.05, 4.69) is 13.0 Å². The first-order valence-electron chi connectivity index (χ1n) is 11.6. The number of rotatable bonds is 5. The van der Waals surface area contributed by atoms with Crippen molar-refractivity contribution < 1.29 is 8.78 Å². The zero-order valence-electron chi connectivity index (χ0n) is 17.9. The molecule has 2 aromatic rings. The zero-order valence-corrected chi connectivity index (χ0v) is 17.9. The number of aryl methyl sites for hydroxylation is 1. The van der Waals surface area contributed by atoms with Gasteiger partial charge in [0.2, 0.25) is 0 Å². The molecular weight excluding hydrogens is 362 g/mol. The number of allylic oxidation sites excluding steroid dienone is 2. The van der Waals surface area contributed by atoms with Crippen LogP contribution in [-0.2, 0) is 6.42 Å². The SMILES string of the molecule is C/C=C/CCc1cc2ccc([C@@H]3CC[C@@H]4CC(CC)CCC4C3)cc2c(F)c1F. The Morgan fingerprint density at radius 1 is 0.966 bits per heavy atom. The first-order chi connectivity index (χ1) is 14.1. The van der Waals surface area contributed by atoms with Gasteiger partial charge in [-0.15, -0.1) is 0 Å². The van der Waals surface area contributed by atoms with Crippen LogP contribution >= 0.6 is 0 Å². The van der Waals surface area contributed by atoms with Gasteiger partial charge < -0.3 is 0 Å². The van der Waals surface area contributed by atoms with Gasteiger partial charge in [0.05, 0.1) is 0 Å². The lowest BCUT2D eigenvalue weighted by molar-refractivity contribution is 0.116. The molecule has 2 fully saturated rings. The molecule has 0 bridgehead atoms. The van der Waals surface area contributed by atoms with E-state index in [9.17, 15) is 8.78 Å². The van der Waals surface area contributed by atoms with Crippen LogP contribution in [-0.4, -0.2) is 0 Å². The maximum Gasteiger partial charge on any atom is 0.166 e. The zero-order chi connectivity index (χ0) is 20.4. The monoisotopic (exact) mass is 396 g/mol. The van der Waals surface area contributed by atoms with Gasteiger partial charge in [0, 0.05) is 5.39 Å². The Kier molecular flexibility index (Phi) is 6.37. The number of benzene rings is 2. The van der Waals surface area contributed by atoms with Crippen LogP contribution in [0.2, 0.25) is 0 Å². The predicted molar refractivity (Wildman–Crippen MR) is 118 cm³/mol. The Labute approximate surface area is 174 Å². The van der Waals surface area contributed by atoms with Gasteiger partial charge in [0.15, 0.2) is 11.6 Å². The Bertz CT molecular complexity index is 882. The minimum absolute atomic E-state index is 0.451. The molecule has 0 aliphatic heterocycles. The van der Waals surface area contributed by atoms with Crippen molar-refractivity contribution in [3.63, 3.8) is 0 Å². The molecule has 0 aromatic heterocycles. The fourth-order valence-corrected chi connectivity index (χ4v) is 5.90. The Hall–Kier alpha value is -1.70. The summed E-state index contributed by atoms with van der Waals surface area (Å²) in [6, 6.07) is 7.95. The van der Waals surface area contributed by atoms with Gasteiger partial charge in [-0.05, 0) is 104 Å². The van der Waals surface area contributed by atoms with Crippen molar-refractivity contribution in [2.24, 2.45) is 17.8 Å². The fourth-order valence-electron chi connectivity index (χ4n) is 5.90. The number of fused-ring (bicyclic) bond motifs is 2. The number of hydrogen-bond acceptors (Lipinski definition) is 0. The van der Waals surface area contributed by atoms with E-state index in [0.717, 1.165) is 29.6 Å². The standard InChI is InChI=1S/C27H34F2/c1-3-5-6-7-24-16-23-13-12-22(17-25(23)27(29)26(24)28)21-11-10-19-14-18(4-2)8-9-20(19)15-21/h3,5,12-13,16-21H,4,6-11,14-15H2,1-2H3/b5-3+/t18?,19-,20?,21-/m1/s1. The highest BCUT2D eigenvalue weighted by atomic mass is 19.2. The second-order valence-corrected chi connectivity index (χ2v) is 9.37. The summed E-state index contributed by atoms with van der Waals surface area (Å²) in [5.41, 5.74) is 1.68. The van der Waals surface area contributed by atoms with Crippen molar-refractivity contribution in [2.45, 2.75) is 77.6 Å². The topological polar surface area (TPSA) is 0 Å². The summed E-state index contributed by atoms with van der Waals surface area (Å²) in [6.07, 6.45) is 14.4. The lowest BCUT2D eigenvalue weighted by atomic mass is 9.63. The van der Waals surface area contributed by atoms with Crippen LogP contribution < -0.4 is 0 Å². The van der Waals surface area contributed by atoms with Crippen molar-refractivity contribution in [1.82, 2.24) is 0 Å². The molecule has 156 valence electrons. The maximum atomic E-state index is 14.9. The van der Waals surface area contributed by atoms with E-state index < -0.39 is 11.6 Å². The lowest BCUT2D eigenvalue weighted by Gasteiger charge is -2.42. The third kappa shape index (κ3) is 4.27. The summed E-state index contributed by atoms with van der Waals surface area (Å²) >= 11 is 0. The first-order valence-corrected chi connectivity index (χ1v) is 11.6. The van der Waals surface area contributed by atoms with Gasteiger partial charge in [-0.3, -0.25) is 0 Å². The minimum atomic E-state index is -0.669. The smallest absolute Gasteiger partial charge is 0.166 e. The third-order valence-electron chi connectivity index (χ3n) is 7.70. The van der Waals surface area contributed by atoms with E-state index >= 15 is 0 Å². The van der Waals surface area contributed by atoms with Gasteiger partial charge in [-0.25, -0.2) is 8.78 Å². The summed E-state index contributed by atoms with van der Waals surface area (Å²) in [7, 11) is 0. The number of hydrogen-bond donors (Lipinski definition) is 0. The fraction of sp³-hybridized carbons (Fsp3) is 0.556. The molecular formula is C27H34F2. The van der Waals surface area contributed by atoms with Crippen LogP contribution in [0.15, 0.2) is 36.4 Å². The van der Waals surface area contributed by atoms with Crippen LogP contribution in [0.25, 0.3) is 10.8 Å². The molecule has 0 radical (unpaired) electrons. The predicted octanol–water partition coefficient (Wildman–Crippen LogP) is 8.34. The molecule has 2 aromatic carbocycles. The first kappa shape index (κ1) is 20.6. The molecule has 2 heteroatoms. The molecule has 29 heavy (non-hydrogen) atoms. The summed E-state index contributed by atoms with van der Waals surface area (Å²) < 4.78 is 29.5. The van der Waals surface area contributed by atoms with Gasteiger partial charge in [0.1, 0.15) is 0 Å². The summed E-state index contributed by atoms with van der Waals surface area (Å²) in [5, 5.41) is 1.27. The molecule has 0 nitrogen and oxygen atoms in total. The van der Waals surface area contributed by atoms with Gasteiger partial charge >= 0.3 is 0 Å². The van der Waals surface area contributed by atoms with Gasteiger partial charge in [-0.1, -0.05) is 44.1 Å². The van der Waals surface area contributed by atoms with Gasteiger partial charge in [-0.2, -0.15) is 0 Å². The summed E-state index contributed by atoms with van der Waals surface area (Å²) in [4.78, 5) is 0. The van der Waals surface area contributed by atoms with E-state index in [1.807, 2.05) is 37.3 Å². The molecule has 4 atom stereocenters. The Balaban J connectivity index is 1.55. The third-order valence-corrected chi connectivity index (χ3v) is 7.70. The van der Waals surface area contributed by atoms with Crippen LogP contribution in [0.5, 0.6) is 0 Å². The molecule has 4 rings (SSSR count). The molecule has 0 N–H and O–H groups in total. The highest BCUT2D eigenvalue weighted by Crippen LogP contribution is 2.48. The molecule has 0 saturated heterocycles. The van der Waals surface area contributed by atoms with Crippen molar-refractivity contribution in [3.05, 3.63) is 59.2 Å². The molecule has 0 heterocycles. The van der Waals surface area contributed by atoms with Crippen molar-refractivity contribution in [2.75, 3.05) is 0 Å². The summed E-state index contributed by atoms with van der Waals surface area (Å²) in [6.45, 7) is 4.27. The van der Waals surface area contributed by atoms with Crippen molar-refractivity contribution in [3.8, 4) is 0 Å². The van der Waals surface area contributed by atoms with Crippen LogP contribution in [0, 0.1) is 29.4 Å². The van der Waals surface area contributed by atoms with Gasteiger partial charge in [0.25, 0.3) is 0 Å². The minimum Gasteiger partial charge on any atom is -0.203 e. The van der Waals surface area contributed by atoms with Crippen LogP contribution in [0.3, 0.4) is 0 Å².